The van der Waals surface area contributed by atoms with Gasteiger partial charge in [-0.2, -0.15) is 0 Å². The highest BCUT2D eigenvalue weighted by molar-refractivity contribution is 5.93. The molecule has 0 aromatic carbocycles. The van der Waals surface area contributed by atoms with Crippen LogP contribution in [0.1, 0.15) is 19.8 Å². The number of nitrogens with zero attached hydrogens (tertiary/aromatic N) is 4. The molecule has 1 aliphatic rings. The average molecular weight is 269 g/mol. The molecule has 0 spiro atoms. The van der Waals surface area contributed by atoms with Crippen LogP contribution in [-0.4, -0.2) is 53.0 Å². The molecule has 106 valence electrons. The molecule has 0 aliphatic carbocycles. The van der Waals surface area contributed by atoms with Crippen molar-refractivity contribution in [2.24, 2.45) is 5.41 Å². The molecule has 1 aromatic rings. The number of ether oxygens (including phenoxy) is 2. The van der Waals surface area contributed by atoms with Gasteiger partial charge < -0.3 is 9.47 Å². The van der Waals surface area contributed by atoms with E-state index in [1.165, 1.54) is 4.68 Å². The molecule has 8 nitrogen and oxygen atoms in total. The fourth-order valence-electron chi connectivity index (χ4n) is 1.92. The van der Waals surface area contributed by atoms with Crippen LogP contribution in [0.15, 0.2) is 0 Å². The molecule has 1 aromatic heterocycles. The summed E-state index contributed by atoms with van der Waals surface area (Å²) in [6.45, 7) is 4.14. The van der Waals surface area contributed by atoms with Crippen molar-refractivity contribution in [1.29, 1.82) is 0 Å². The average Bonchev–Trinajstić information content (AvgIpc) is 2.84. The van der Waals surface area contributed by atoms with Gasteiger partial charge in [-0.25, -0.2) is 4.68 Å². The van der Waals surface area contributed by atoms with Crippen LogP contribution in [-0.2, 0) is 20.8 Å². The fourth-order valence-corrected chi connectivity index (χ4v) is 1.92. The summed E-state index contributed by atoms with van der Waals surface area (Å²) in [5, 5.41) is 14.0. The van der Waals surface area contributed by atoms with Gasteiger partial charge >= 0.3 is 0 Å². The van der Waals surface area contributed by atoms with E-state index >= 15 is 0 Å². The molecule has 19 heavy (non-hydrogen) atoms. The van der Waals surface area contributed by atoms with E-state index in [-0.39, 0.29) is 5.91 Å². The Morgan fingerprint density at radius 3 is 2.95 bits per heavy atom. The van der Waals surface area contributed by atoms with E-state index in [1.54, 1.807) is 7.11 Å². The van der Waals surface area contributed by atoms with Crippen molar-refractivity contribution in [3.05, 3.63) is 0 Å². The number of carbonyl (C=O) groups is 1. The van der Waals surface area contributed by atoms with E-state index in [2.05, 4.69) is 20.8 Å². The number of nitrogens with one attached hydrogen (secondary N) is 1. The summed E-state index contributed by atoms with van der Waals surface area (Å²) in [6, 6.07) is 0. The number of hydrogen-bond acceptors (Lipinski definition) is 6. The summed E-state index contributed by atoms with van der Waals surface area (Å²) >= 11 is 0. The Kier molecular flexibility index (Phi) is 4.43. The van der Waals surface area contributed by atoms with Gasteiger partial charge in [-0.3, -0.25) is 10.1 Å². The number of hydrogen-bond donors (Lipinski definition) is 1. The first-order valence-electron chi connectivity index (χ1n) is 6.30. The van der Waals surface area contributed by atoms with Crippen LogP contribution in [0.25, 0.3) is 0 Å². The predicted molar refractivity (Wildman–Crippen MR) is 66.5 cm³/mol. The van der Waals surface area contributed by atoms with E-state index in [4.69, 9.17) is 9.47 Å². The lowest BCUT2D eigenvalue weighted by atomic mass is 9.81. The number of aromatic nitrogens is 4. The van der Waals surface area contributed by atoms with Crippen molar-refractivity contribution in [2.45, 2.75) is 26.3 Å². The van der Waals surface area contributed by atoms with Gasteiger partial charge in [-0.1, -0.05) is 12.0 Å². The summed E-state index contributed by atoms with van der Waals surface area (Å²) in [5.74, 6) is 0.291. The summed E-state index contributed by atoms with van der Waals surface area (Å²) in [7, 11) is 1.60. The Bertz CT molecular complexity index is 428. The van der Waals surface area contributed by atoms with Crippen molar-refractivity contribution < 1.29 is 14.3 Å². The van der Waals surface area contributed by atoms with Crippen molar-refractivity contribution in [1.82, 2.24) is 20.2 Å². The quantitative estimate of drug-likeness (QED) is 0.813. The third kappa shape index (κ3) is 3.27. The van der Waals surface area contributed by atoms with Gasteiger partial charge in [0.25, 0.3) is 0 Å². The molecule has 1 saturated heterocycles. The normalized spacial score (nSPS) is 18.2. The summed E-state index contributed by atoms with van der Waals surface area (Å²) < 4.78 is 11.8. The van der Waals surface area contributed by atoms with Crippen molar-refractivity contribution in [2.75, 3.05) is 32.2 Å². The fraction of sp³-hybridized carbons (Fsp3) is 0.818. The third-order valence-electron chi connectivity index (χ3n) is 3.41. The highest BCUT2D eigenvalue weighted by atomic mass is 16.5. The van der Waals surface area contributed by atoms with Crippen molar-refractivity contribution in [3.63, 3.8) is 0 Å². The molecule has 0 saturated carbocycles. The number of rotatable bonds is 5. The topological polar surface area (TPSA) is 91.2 Å². The van der Waals surface area contributed by atoms with E-state index in [0.29, 0.717) is 45.2 Å². The van der Waals surface area contributed by atoms with Gasteiger partial charge in [0.2, 0.25) is 11.9 Å². The second kappa shape index (κ2) is 6.07. The largest absolute Gasteiger partial charge is 0.383 e. The molecule has 2 rings (SSSR count). The van der Waals surface area contributed by atoms with Crippen molar-refractivity contribution in [3.8, 4) is 0 Å². The zero-order valence-electron chi connectivity index (χ0n) is 11.3. The number of tetrazole rings is 1. The summed E-state index contributed by atoms with van der Waals surface area (Å²) in [5.41, 5.74) is -0.420. The minimum absolute atomic E-state index is 0.0655. The Morgan fingerprint density at radius 2 is 2.26 bits per heavy atom. The van der Waals surface area contributed by atoms with Gasteiger partial charge in [-0.05, 0) is 23.3 Å². The lowest BCUT2D eigenvalue weighted by Gasteiger charge is -2.31. The van der Waals surface area contributed by atoms with E-state index in [9.17, 15) is 4.79 Å². The van der Waals surface area contributed by atoms with Crippen LogP contribution in [0.2, 0.25) is 0 Å². The third-order valence-corrected chi connectivity index (χ3v) is 3.41. The van der Waals surface area contributed by atoms with Crippen LogP contribution in [0.5, 0.6) is 0 Å². The molecule has 2 heterocycles. The summed E-state index contributed by atoms with van der Waals surface area (Å²) in [6.07, 6.45) is 1.41. The molecule has 0 bridgehead atoms. The molecular weight excluding hydrogens is 250 g/mol. The minimum Gasteiger partial charge on any atom is -0.383 e. The lowest BCUT2D eigenvalue weighted by Crippen LogP contribution is -2.39. The Labute approximate surface area is 111 Å². The van der Waals surface area contributed by atoms with Gasteiger partial charge in [0, 0.05) is 20.3 Å². The monoisotopic (exact) mass is 269 g/mol. The minimum atomic E-state index is -0.420. The first-order chi connectivity index (χ1) is 9.15. The first-order valence-corrected chi connectivity index (χ1v) is 6.30. The molecule has 1 aliphatic heterocycles. The number of carbonyl (C=O) groups excluding carboxylic acids is 1. The van der Waals surface area contributed by atoms with Crippen LogP contribution in [0, 0.1) is 5.41 Å². The van der Waals surface area contributed by atoms with Gasteiger partial charge in [0.15, 0.2) is 0 Å². The Balaban J connectivity index is 2.00. The summed E-state index contributed by atoms with van der Waals surface area (Å²) in [4.78, 5) is 12.3. The number of amides is 1. The molecular formula is C11H19N5O3. The van der Waals surface area contributed by atoms with Crippen LogP contribution in [0.4, 0.5) is 5.95 Å². The smallest absolute Gasteiger partial charge is 0.249 e. The first kappa shape index (κ1) is 13.9. The van der Waals surface area contributed by atoms with Crippen LogP contribution in [0.3, 0.4) is 0 Å². The Morgan fingerprint density at radius 1 is 1.53 bits per heavy atom. The van der Waals surface area contributed by atoms with E-state index in [1.807, 2.05) is 6.92 Å². The van der Waals surface area contributed by atoms with Gasteiger partial charge in [0.05, 0.1) is 18.6 Å². The molecule has 0 radical (unpaired) electrons. The standard InChI is InChI=1S/C11H19N5O3/c1-11(3-6-19-7-4-11)9(17)12-10-13-14-15-16(10)5-8-18-2/h3-8H2,1-2H3,(H,12,13,15,17). The molecule has 0 atom stereocenters. The molecule has 0 unspecified atom stereocenters. The maximum Gasteiger partial charge on any atom is 0.249 e. The molecule has 8 heteroatoms. The van der Waals surface area contributed by atoms with Gasteiger partial charge in [-0.15, -0.1) is 0 Å². The van der Waals surface area contributed by atoms with E-state index < -0.39 is 5.41 Å². The predicted octanol–water partition coefficient (Wildman–Crippen LogP) is 0.0747. The molecule has 1 N–H and O–H groups in total. The maximum absolute atomic E-state index is 12.3. The molecule has 1 amide bonds. The van der Waals surface area contributed by atoms with Crippen molar-refractivity contribution >= 4 is 11.9 Å². The highest BCUT2D eigenvalue weighted by Gasteiger charge is 2.35. The van der Waals surface area contributed by atoms with E-state index in [0.717, 1.165) is 0 Å². The lowest BCUT2D eigenvalue weighted by molar-refractivity contribution is -0.129. The molecule has 1 fully saturated rings. The SMILES string of the molecule is COCCn1nnnc1NC(=O)C1(C)CCOCC1. The number of anilines is 1. The van der Waals surface area contributed by atoms with Gasteiger partial charge in [0.1, 0.15) is 0 Å². The second-order valence-electron chi connectivity index (χ2n) is 4.85. The highest BCUT2D eigenvalue weighted by Crippen LogP contribution is 2.30. The zero-order valence-corrected chi connectivity index (χ0v) is 11.3. The van der Waals surface area contributed by atoms with Crippen LogP contribution >= 0.6 is 0 Å². The Hall–Kier alpha value is -1.54. The zero-order chi connectivity index (χ0) is 13.7. The number of methoxy groups -OCH3 is 1. The maximum atomic E-state index is 12.3. The van der Waals surface area contributed by atoms with Crippen LogP contribution < -0.4 is 5.32 Å². The second-order valence-corrected chi connectivity index (χ2v) is 4.85.